The van der Waals surface area contributed by atoms with Crippen LogP contribution in [0.3, 0.4) is 0 Å². The van der Waals surface area contributed by atoms with Crippen molar-refractivity contribution in [1.82, 2.24) is 4.90 Å². The van der Waals surface area contributed by atoms with Gasteiger partial charge in [-0.15, -0.1) is 0 Å². The van der Waals surface area contributed by atoms with E-state index in [4.69, 9.17) is 11.6 Å². The highest BCUT2D eigenvalue weighted by Gasteiger charge is 2.35. The number of halogens is 2. The largest absolute Gasteiger partial charge is 0.480 e. The van der Waals surface area contributed by atoms with E-state index in [1.54, 1.807) is 0 Å². The number of hydrogen-bond donors (Lipinski definition) is 1. The molecule has 1 aliphatic heterocycles. The Morgan fingerprint density at radius 3 is 2.54 bits per heavy atom. The quantitative estimate of drug-likeness (QED) is 0.762. The van der Waals surface area contributed by atoms with E-state index in [1.807, 2.05) is 42.5 Å². The molecule has 126 valence electrons. The van der Waals surface area contributed by atoms with Crippen molar-refractivity contribution in [2.24, 2.45) is 0 Å². The molecule has 0 spiro atoms. The minimum atomic E-state index is -0.749. The van der Waals surface area contributed by atoms with E-state index in [1.165, 1.54) is 0 Å². The molecule has 2 aromatic carbocycles. The number of carboxylic acids is 1. The van der Waals surface area contributed by atoms with Crippen molar-refractivity contribution in [2.75, 3.05) is 6.54 Å². The van der Waals surface area contributed by atoms with Crippen molar-refractivity contribution in [3.8, 4) is 0 Å². The molecule has 3 rings (SSSR count). The van der Waals surface area contributed by atoms with Crippen LogP contribution in [0, 0.1) is 0 Å². The van der Waals surface area contributed by atoms with Crippen LogP contribution in [0.25, 0.3) is 0 Å². The predicted octanol–water partition coefficient (Wildman–Crippen LogP) is 5.13. The van der Waals surface area contributed by atoms with Crippen LogP contribution in [-0.4, -0.2) is 28.6 Å². The minimum Gasteiger partial charge on any atom is -0.480 e. The van der Waals surface area contributed by atoms with E-state index in [0.717, 1.165) is 35.0 Å². The lowest BCUT2D eigenvalue weighted by Gasteiger charge is -2.40. The number of piperidine rings is 1. The molecule has 2 aromatic rings. The summed E-state index contributed by atoms with van der Waals surface area (Å²) in [5, 5.41) is 10.4. The Balaban J connectivity index is 2.09. The average Bonchev–Trinajstić information content (AvgIpc) is 2.59. The molecule has 0 amide bonds. The number of carboxylic acid groups (broad SMARTS) is 1. The van der Waals surface area contributed by atoms with Crippen LogP contribution in [0.2, 0.25) is 5.02 Å². The zero-order valence-corrected chi connectivity index (χ0v) is 15.5. The summed E-state index contributed by atoms with van der Waals surface area (Å²) in [6.45, 7) is 0.769. The van der Waals surface area contributed by atoms with Gasteiger partial charge in [0.05, 0.1) is 6.04 Å². The Morgan fingerprint density at radius 1 is 1.17 bits per heavy atom. The second-order valence-electron chi connectivity index (χ2n) is 6.06. The van der Waals surface area contributed by atoms with E-state index in [-0.39, 0.29) is 6.04 Å². The average molecular weight is 409 g/mol. The van der Waals surface area contributed by atoms with Gasteiger partial charge in [-0.2, -0.15) is 0 Å². The monoisotopic (exact) mass is 407 g/mol. The van der Waals surface area contributed by atoms with Gasteiger partial charge in [-0.05, 0) is 48.7 Å². The Bertz CT molecular complexity index is 720. The van der Waals surface area contributed by atoms with Crippen molar-refractivity contribution >= 4 is 33.5 Å². The zero-order valence-electron chi connectivity index (χ0n) is 13.2. The number of benzene rings is 2. The number of rotatable bonds is 4. The van der Waals surface area contributed by atoms with Gasteiger partial charge in [-0.1, -0.05) is 64.3 Å². The molecule has 1 heterocycles. The molecule has 5 heteroatoms. The standard InChI is InChI=1S/C19H19BrClNO2/c20-16-6-2-1-5-15(16)18(13-8-10-14(21)11-9-13)22-12-4-3-7-17(22)19(23)24/h1-2,5-6,8-11,17-18H,3-4,7,12H2,(H,23,24). The van der Waals surface area contributed by atoms with Gasteiger partial charge in [-0.25, -0.2) is 0 Å². The van der Waals surface area contributed by atoms with Crippen LogP contribution < -0.4 is 0 Å². The maximum Gasteiger partial charge on any atom is 0.320 e. The third-order valence-corrected chi connectivity index (χ3v) is 5.52. The first-order valence-corrected chi connectivity index (χ1v) is 9.23. The molecular weight excluding hydrogens is 390 g/mol. The van der Waals surface area contributed by atoms with E-state index in [2.05, 4.69) is 26.9 Å². The molecule has 1 aliphatic rings. The predicted molar refractivity (Wildman–Crippen MR) is 99.4 cm³/mol. The zero-order chi connectivity index (χ0) is 17.1. The third kappa shape index (κ3) is 3.66. The summed E-state index contributed by atoms with van der Waals surface area (Å²) in [5.41, 5.74) is 2.13. The molecule has 0 radical (unpaired) electrons. The first-order valence-electron chi connectivity index (χ1n) is 8.06. The van der Waals surface area contributed by atoms with Crippen LogP contribution in [0.4, 0.5) is 0 Å². The van der Waals surface area contributed by atoms with E-state index >= 15 is 0 Å². The van der Waals surface area contributed by atoms with Crippen molar-refractivity contribution in [3.05, 3.63) is 69.2 Å². The van der Waals surface area contributed by atoms with E-state index in [9.17, 15) is 9.90 Å². The molecule has 1 fully saturated rings. The van der Waals surface area contributed by atoms with E-state index in [0.29, 0.717) is 11.4 Å². The van der Waals surface area contributed by atoms with Crippen LogP contribution in [0.1, 0.15) is 36.4 Å². The maximum atomic E-state index is 11.8. The summed E-state index contributed by atoms with van der Waals surface area (Å²) in [4.78, 5) is 13.9. The second-order valence-corrected chi connectivity index (χ2v) is 7.35. The molecule has 0 bridgehead atoms. The normalized spacial score (nSPS) is 19.8. The summed E-state index contributed by atoms with van der Waals surface area (Å²) in [7, 11) is 0. The summed E-state index contributed by atoms with van der Waals surface area (Å²) in [5.74, 6) is -0.749. The molecule has 0 saturated carbocycles. The fraction of sp³-hybridized carbons (Fsp3) is 0.316. The lowest BCUT2D eigenvalue weighted by Crippen LogP contribution is -2.46. The van der Waals surface area contributed by atoms with Gasteiger partial charge in [0, 0.05) is 9.50 Å². The van der Waals surface area contributed by atoms with Crippen LogP contribution in [0.15, 0.2) is 53.0 Å². The summed E-state index contributed by atoms with van der Waals surface area (Å²) < 4.78 is 0.986. The van der Waals surface area contributed by atoms with Gasteiger partial charge in [0.15, 0.2) is 0 Å². The first-order chi connectivity index (χ1) is 11.6. The Kier molecular flexibility index (Phi) is 5.59. The lowest BCUT2D eigenvalue weighted by molar-refractivity contribution is -0.145. The van der Waals surface area contributed by atoms with Gasteiger partial charge >= 0.3 is 5.97 Å². The molecule has 1 N–H and O–H groups in total. The molecular formula is C19H19BrClNO2. The van der Waals surface area contributed by atoms with Gasteiger partial charge in [-0.3, -0.25) is 9.69 Å². The number of nitrogens with zero attached hydrogens (tertiary/aromatic N) is 1. The van der Waals surface area contributed by atoms with Crippen LogP contribution >= 0.6 is 27.5 Å². The Hall–Kier alpha value is -1.36. The smallest absolute Gasteiger partial charge is 0.320 e. The minimum absolute atomic E-state index is 0.112. The molecule has 24 heavy (non-hydrogen) atoms. The summed E-state index contributed by atoms with van der Waals surface area (Å²) >= 11 is 9.67. The Morgan fingerprint density at radius 2 is 1.88 bits per heavy atom. The molecule has 1 saturated heterocycles. The third-order valence-electron chi connectivity index (χ3n) is 4.55. The van der Waals surface area contributed by atoms with Crippen LogP contribution in [0.5, 0.6) is 0 Å². The highest BCUT2D eigenvalue weighted by atomic mass is 79.9. The van der Waals surface area contributed by atoms with Crippen molar-refractivity contribution < 1.29 is 9.90 Å². The van der Waals surface area contributed by atoms with Crippen molar-refractivity contribution in [2.45, 2.75) is 31.3 Å². The SMILES string of the molecule is O=C(O)C1CCCCN1C(c1ccc(Cl)cc1)c1ccccc1Br. The summed E-state index contributed by atoms with van der Waals surface area (Å²) in [6, 6.07) is 15.1. The Labute approximate surface area is 155 Å². The molecule has 2 atom stereocenters. The lowest BCUT2D eigenvalue weighted by atomic mass is 9.92. The number of hydrogen-bond acceptors (Lipinski definition) is 2. The number of likely N-dealkylation sites (tertiary alicyclic amines) is 1. The molecule has 3 nitrogen and oxygen atoms in total. The summed E-state index contributed by atoms with van der Waals surface area (Å²) in [6.07, 6.45) is 2.65. The van der Waals surface area contributed by atoms with Gasteiger partial charge < -0.3 is 5.11 Å². The van der Waals surface area contributed by atoms with Gasteiger partial charge in [0.1, 0.15) is 6.04 Å². The number of carbonyl (C=O) groups is 1. The van der Waals surface area contributed by atoms with Crippen molar-refractivity contribution in [3.63, 3.8) is 0 Å². The van der Waals surface area contributed by atoms with Crippen LogP contribution in [-0.2, 0) is 4.79 Å². The highest BCUT2D eigenvalue weighted by Crippen LogP contribution is 2.37. The topological polar surface area (TPSA) is 40.5 Å². The van der Waals surface area contributed by atoms with E-state index < -0.39 is 12.0 Å². The molecule has 2 unspecified atom stereocenters. The maximum absolute atomic E-state index is 11.8. The highest BCUT2D eigenvalue weighted by molar-refractivity contribution is 9.10. The first kappa shape index (κ1) is 17.5. The molecule has 0 aliphatic carbocycles. The molecule has 0 aromatic heterocycles. The van der Waals surface area contributed by atoms with Gasteiger partial charge in [0.2, 0.25) is 0 Å². The fourth-order valence-corrected chi connectivity index (χ4v) is 4.05. The van der Waals surface area contributed by atoms with Crippen molar-refractivity contribution in [1.29, 1.82) is 0 Å². The second kappa shape index (κ2) is 7.68. The number of aliphatic carboxylic acids is 1. The fourth-order valence-electron chi connectivity index (χ4n) is 3.42. The van der Waals surface area contributed by atoms with Gasteiger partial charge in [0.25, 0.3) is 0 Å².